The number of sulfone groups is 1. The number of carbonyl (C=O) groups excluding carboxylic acids is 2. The van der Waals surface area contributed by atoms with Crippen molar-refractivity contribution >= 4 is 32.7 Å². The van der Waals surface area contributed by atoms with Gasteiger partial charge in [0.2, 0.25) is 5.91 Å². The van der Waals surface area contributed by atoms with Crippen LogP contribution in [0.25, 0.3) is 10.9 Å². The molecule has 8 nitrogen and oxygen atoms in total. The lowest BCUT2D eigenvalue weighted by atomic mass is 10.0. The van der Waals surface area contributed by atoms with Crippen LogP contribution >= 0.6 is 0 Å². The van der Waals surface area contributed by atoms with Gasteiger partial charge < -0.3 is 19.9 Å². The molecule has 1 aromatic heterocycles. The fraction of sp³-hybridized carbons (Fsp3) is 0.333. The Balaban J connectivity index is 1.50. The van der Waals surface area contributed by atoms with E-state index in [0.717, 1.165) is 22.0 Å². The number of ether oxygens (including phenoxy) is 1. The Kier molecular flexibility index (Phi) is 6.69. The zero-order valence-corrected chi connectivity index (χ0v) is 19.2. The van der Waals surface area contributed by atoms with Gasteiger partial charge in [0.1, 0.15) is 12.6 Å². The first-order valence-electron chi connectivity index (χ1n) is 10.8. The van der Waals surface area contributed by atoms with Gasteiger partial charge in [0.25, 0.3) is 0 Å². The Bertz CT molecular complexity index is 1240. The Morgan fingerprint density at radius 1 is 1.15 bits per heavy atom. The zero-order chi connectivity index (χ0) is 23.4. The monoisotopic (exact) mass is 469 g/mol. The number of amides is 2. The molecule has 2 heterocycles. The number of nitrogens with one attached hydrogen (secondary N) is 2. The summed E-state index contributed by atoms with van der Waals surface area (Å²) in [6.45, 7) is 0.0807. The number of nitrogens with zero attached hydrogens (tertiary/aromatic N) is 1. The number of alkyl carbamates (subject to hydrolysis) is 1. The lowest BCUT2D eigenvalue weighted by Gasteiger charge is -2.28. The third-order valence-corrected chi connectivity index (χ3v) is 7.76. The van der Waals surface area contributed by atoms with Crippen molar-refractivity contribution in [1.82, 2.24) is 15.2 Å². The highest BCUT2D eigenvalue weighted by Crippen LogP contribution is 2.22. The van der Waals surface area contributed by atoms with E-state index in [1.807, 2.05) is 60.8 Å². The van der Waals surface area contributed by atoms with Crippen LogP contribution in [0.5, 0.6) is 0 Å². The molecule has 33 heavy (non-hydrogen) atoms. The number of aromatic amines is 1. The van der Waals surface area contributed by atoms with Crippen LogP contribution in [0.15, 0.2) is 60.8 Å². The van der Waals surface area contributed by atoms with E-state index in [1.54, 1.807) is 7.05 Å². The molecule has 2 aromatic carbocycles. The van der Waals surface area contributed by atoms with Crippen LogP contribution in [0, 0.1) is 0 Å². The van der Waals surface area contributed by atoms with E-state index in [0.29, 0.717) is 6.42 Å². The van der Waals surface area contributed by atoms with Gasteiger partial charge >= 0.3 is 6.09 Å². The second kappa shape index (κ2) is 9.66. The highest BCUT2D eigenvalue weighted by Gasteiger charge is 2.36. The molecule has 0 spiro atoms. The minimum Gasteiger partial charge on any atom is -0.445 e. The van der Waals surface area contributed by atoms with Crippen molar-refractivity contribution in [3.05, 3.63) is 71.9 Å². The fourth-order valence-corrected chi connectivity index (χ4v) is 5.91. The number of likely N-dealkylation sites (N-methyl/N-ethyl adjacent to an activating group) is 1. The van der Waals surface area contributed by atoms with E-state index in [1.165, 1.54) is 4.90 Å². The minimum atomic E-state index is -3.15. The first-order valence-corrected chi connectivity index (χ1v) is 12.6. The van der Waals surface area contributed by atoms with Crippen LogP contribution in [0.2, 0.25) is 0 Å². The Hall–Kier alpha value is -3.33. The molecule has 2 amide bonds. The van der Waals surface area contributed by atoms with E-state index in [2.05, 4.69) is 10.3 Å². The molecule has 9 heteroatoms. The van der Waals surface area contributed by atoms with E-state index < -0.39 is 28.0 Å². The van der Waals surface area contributed by atoms with Gasteiger partial charge in [0.15, 0.2) is 9.84 Å². The topological polar surface area (TPSA) is 109 Å². The normalized spacial score (nSPS) is 18.0. The summed E-state index contributed by atoms with van der Waals surface area (Å²) in [5.74, 6) is -0.346. The van der Waals surface area contributed by atoms with E-state index in [9.17, 15) is 18.0 Å². The molecular formula is C24H27N3O5S. The lowest BCUT2D eigenvalue weighted by Crippen LogP contribution is -2.51. The molecule has 1 saturated heterocycles. The largest absolute Gasteiger partial charge is 0.445 e. The predicted octanol–water partition coefficient (Wildman–Crippen LogP) is 2.65. The smallest absolute Gasteiger partial charge is 0.408 e. The molecular weight excluding hydrogens is 442 g/mol. The van der Waals surface area contributed by atoms with Gasteiger partial charge in [-0.05, 0) is 23.6 Å². The summed E-state index contributed by atoms with van der Waals surface area (Å²) in [5, 5.41) is 3.66. The third kappa shape index (κ3) is 5.54. The number of aromatic nitrogens is 1. The summed E-state index contributed by atoms with van der Waals surface area (Å²) in [5.41, 5.74) is 2.64. The van der Waals surface area contributed by atoms with Crippen molar-refractivity contribution in [3.8, 4) is 0 Å². The van der Waals surface area contributed by atoms with Gasteiger partial charge in [-0.1, -0.05) is 48.5 Å². The molecule has 1 fully saturated rings. The van der Waals surface area contributed by atoms with Gasteiger partial charge in [-0.25, -0.2) is 13.2 Å². The maximum atomic E-state index is 13.4. The van der Waals surface area contributed by atoms with Crippen LogP contribution in [0.4, 0.5) is 4.79 Å². The average Bonchev–Trinajstić information content (AvgIpc) is 3.39. The van der Waals surface area contributed by atoms with Gasteiger partial charge in [0.05, 0.1) is 11.5 Å². The number of carbonyl (C=O) groups is 2. The van der Waals surface area contributed by atoms with Crippen LogP contribution < -0.4 is 5.32 Å². The Morgan fingerprint density at radius 2 is 1.88 bits per heavy atom. The summed E-state index contributed by atoms with van der Waals surface area (Å²) in [6, 6.07) is 15.7. The van der Waals surface area contributed by atoms with Crippen LogP contribution in [0.3, 0.4) is 0 Å². The predicted molar refractivity (Wildman–Crippen MR) is 125 cm³/mol. The number of benzene rings is 2. The quantitative estimate of drug-likeness (QED) is 0.553. The van der Waals surface area contributed by atoms with Crippen molar-refractivity contribution < 1.29 is 22.7 Å². The summed E-state index contributed by atoms with van der Waals surface area (Å²) in [6.07, 6.45) is 1.75. The molecule has 0 aliphatic carbocycles. The van der Waals surface area contributed by atoms with Crippen molar-refractivity contribution in [2.75, 3.05) is 18.6 Å². The van der Waals surface area contributed by atoms with Crippen molar-refractivity contribution in [3.63, 3.8) is 0 Å². The molecule has 1 aliphatic rings. The number of H-pyrrole nitrogens is 1. The Morgan fingerprint density at radius 3 is 2.61 bits per heavy atom. The minimum absolute atomic E-state index is 0.0620. The molecule has 4 rings (SSSR count). The van der Waals surface area contributed by atoms with Gasteiger partial charge in [0, 0.05) is 36.6 Å². The zero-order valence-electron chi connectivity index (χ0n) is 18.4. The number of rotatable bonds is 7. The molecule has 174 valence electrons. The average molecular weight is 470 g/mol. The third-order valence-electron chi connectivity index (χ3n) is 6.01. The van der Waals surface area contributed by atoms with E-state index in [-0.39, 0.29) is 30.4 Å². The first kappa shape index (κ1) is 22.8. The number of fused-ring (bicyclic) bond motifs is 1. The van der Waals surface area contributed by atoms with E-state index in [4.69, 9.17) is 4.74 Å². The number of hydrogen-bond acceptors (Lipinski definition) is 5. The molecule has 1 aliphatic heterocycles. The van der Waals surface area contributed by atoms with Crippen LogP contribution in [-0.4, -0.2) is 60.9 Å². The maximum absolute atomic E-state index is 13.4. The van der Waals surface area contributed by atoms with Crippen LogP contribution in [-0.2, 0) is 32.4 Å². The lowest BCUT2D eigenvalue weighted by molar-refractivity contribution is -0.133. The molecule has 0 radical (unpaired) electrons. The molecule has 3 aromatic rings. The summed E-state index contributed by atoms with van der Waals surface area (Å²) >= 11 is 0. The molecule has 2 atom stereocenters. The highest BCUT2D eigenvalue weighted by atomic mass is 32.2. The van der Waals surface area contributed by atoms with Gasteiger partial charge in [-0.3, -0.25) is 4.79 Å². The summed E-state index contributed by atoms with van der Waals surface area (Å²) in [4.78, 5) is 30.6. The molecule has 0 bridgehead atoms. The molecule has 0 saturated carbocycles. The first-order chi connectivity index (χ1) is 15.8. The number of para-hydroxylation sites is 1. The van der Waals surface area contributed by atoms with Gasteiger partial charge in [-0.15, -0.1) is 0 Å². The number of hydrogen-bond donors (Lipinski definition) is 2. The maximum Gasteiger partial charge on any atom is 0.408 e. The standard InChI is InChI=1S/C24H27N3O5S/c1-27(19-11-12-33(30,31)16-19)23(28)22(13-18-14-25-21-10-6-5-9-20(18)21)26-24(29)32-15-17-7-3-2-4-8-17/h2-10,14,19,22,25H,11-13,15-16H2,1H3,(H,26,29)/t19?,22-/m0/s1. The van der Waals surface area contributed by atoms with E-state index >= 15 is 0 Å². The second-order valence-electron chi connectivity index (χ2n) is 8.33. The summed E-state index contributed by atoms with van der Waals surface area (Å²) < 4.78 is 29.1. The van der Waals surface area contributed by atoms with Gasteiger partial charge in [-0.2, -0.15) is 0 Å². The second-order valence-corrected chi connectivity index (χ2v) is 10.6. The van der Waals surface area contributed by atoms with Crippen molar-refractivity contribution in [2.24, 2.45) is 0 Å². The molecule has 2 N–H and O–H groups in total. The van der Waals surface area contributed by atoms with Crippen molar-refractivity contribution in [2.45, 2.75) is 31.5 Å². The van der Waals surface area contributed by atoms with Crippen molar-refractivity contribution in [1.29, 1.82) is 0 Å². The molecule has 1 unspecified atom stereocenters. The Labute approximate surface area is 192 Å². The highest BCUT2D eigenvalue weighted by molar-refractivity contribution is 7.91. The summed E-state index contributed by atoms with van der Waals surface area (Å²) in [7, 11) is -1.56. The SMILES string of the molecule is CN(C(=O)[C@H](Cc1c[nH]c2ccccc12)NC(=O)OCc1ccccc1)C1CCS(=O)(=O)C1. The van der Waals surface area contributed by atoms with Crippen LogP contribution in [0.1, 0.15) is 17.5 Å². The fourth-order valence-electron chi connectivity index (χ4n) is 4.13.